The molecule has 4 atom stereocenters. The fourth-order valence-electron chi connectivity index (χ4n) is 2.18. The van der Waals surface area contributed by atoms with Gasteiger partial charge in [0.15, 0.2) is 12.6 Å². The van der Waals surface area contributed by atoms with E-state index in [2.05, 4.69) is 6.92 Å². The van der Waals surface area contributed by atoms with Crippen molar-refractivity contribution in [2.75, 3.05) is 26.4 Å². The van der Waals surface area contributed by atoms with Gasteiger partial charge in [0.1, 0.15) is 12.2 Å². The summed E-state index contributed by atoms with van der Waals surface area (Å²) in [4.78, 5) is 0. The minimum atomic E-state index is -0.132. The minimum absolute atomic E-state index is 0.0599. The van der Waals surface area contributed by atoms with Gasteiger partial charge < -0.3 is 29.2 Å². The van der Waals surface area contributed by atoms with E-state index in [0.29, 0.717) is 13.2 Å². The first-order chi connectivity index (χ1) is 10.2. The maximum Gasteiger partial charge on any atom is 0.158 e. The SMILES string of the molecule is CC1OCC(CO)O1.CCCCCCC1OCC(CO)O1. The number of aliphatic hydroxyl groups excluding tert-OH is 2. The zero-order valence-electron chi connectivity index (χ0n) is 13.2. The molecule has 2 N–H and O–H groups in total. The average Bonchev–Trinajstić information content (AvgIpc) is 3.13. The molecule has 0 bridgehead atoms. The van der Waals surface area contributed by atoms with Gasteiger partial charge in [-0.1, -0.05) is 26.2 Å². The van der Waals surface area contributed by atoms with Crippen molar-refractivity contribution in [2.24, 2.45) is 0 Å². The van der Waals surface area contributed by atoms with E-state index in [4.69, 9.17) is 29.2 Å². The zero-order valence-corrected chi connectivity index (χ0v) is 13.2. The van der Waals surface area contributed by atoms with Gasteiger partial charge in [0.2, 0.25) is 0 Å². The highest BCUT2D eigenvalue weighted by Gasteiger charge is 2.24. The summed E-state index contributed by atoms with van der Waals surface area (Å²) in [7, 11) is 0. The molecule has 0 radical (unpaired) electrons. The van der Waals surface area contributed by atoms with Gasteiger partial charge in [-0.3, -0.25) is 0 Å². The predicted molar refractivity (Wildman–Crippen MR) is 77.8 cm³/mol. The lowest BCUT2D eigenvalue weighted by Gasteiger charge is -2.09. The molecule has 2 saturated heterocycles. The Labute approximate surface area is 127 Å². The van der Waals surface area contributed by atoms with Gasteiger partial charge in [0.25, 0.3) is 0 Å². The Balaban J connectivity index is 0.000000235. The van der Waals surface area contributed by atoms with E-state index < -0.39 is 0 Å². The van der Waals surface area contributed by atoms with E-state index in [9.17, 15) is 0 Å². The molecular weight excluding hydrogens is 276 g/mol. The van der Waals surface area contributed by atoms with Gasteiger partial charge in [-0.25, -0.2) is 0 Å². The van der Waals surface area contributed by atoms with Crippen molar-refractivity contribution in [1.29, 1.82) is 0 Å². The molecule has 0 aromatic heterocycles. The van der Waals surface area contributed by atoms with Gasteiger partial charge in [-0.15, -0.1) is 0 Å². The standard InChI is InChI=1S/C10H20O3.C5H10O3/c1-2-3-4-5-6-10-12-8-9(7-11)13-10;1-4-7-3-5(2-6)8-4/h9-11H,2-8H2,1H3;4-6H,2-3H2,1H3. The second-order valence-electron chi connectivity index (χ2n) is 5.39. The van der Waals surface area contributed by atoms with Crippen molar-refractivity contribution < 1.29 is 29.2 Å². The van der Waals surface area contributed by atoms with Crippen LogP contribution in [0.2, 0.25) is 0 Å². The van der Waals surface area contributed by atoms with Crippen LogP contribution in [-0.4, -0.2) is 61.4 Å². The van der Waals surface area contributed by atoms with Crippen LogP contribution in [0.3, 0.4) is 0 Å². The highest BCUT2D eigenvalue weighted by Crippen LogP contribution is 2.17. The minimum Gasteiger partial charge on any atom is -0.394 e. The predicted octanol–water partition coefficient (Wildman–Crippen LogP) is 1.43. The Hall–Kier alpha value is -0.240. The highest BCUT2D eigenvalue weighted by atomic mass is 16.7. The molecule has 126 valence electrons. The lowest BCUT2D eigenvalue weighted by molar-refractivity contribution is -0.0701. The van der Waals surface area contributed by atoms with Gasteiger partial charge >= 0.3 is 0 Å². The normalized spacial score (nSPS) is 32.0. The van der Waals surface area contributed by atoms with Crippen LogP contribution in [0.25, 0.3) is 0 Å². The van der Waals surface area contributed by atoms with Crippen molar-refractivity contribution in [3.63, 3.8) is 0 Å². The molecule has 4 unspecified atom stereocenters. The third kappa shape index (κ3) is 8.09. The van der Waals surface area contributed by atoms with Gasteiger partial charge in [-0.2, -0.15) is 0 Å². The Kier molecular flexibility index (Phi) is 10.2. The van der Waals surface area contributed by atoms with Gasteiger partial charge in [0, 0.05) is 0 Å². The molecule has 0 aromatic carbocycles. The first-order valence-corrected chi connectivity index (χ1v) is 7.95. The summed E-state index contributed by atoms with van der Waals surface area (Å²) in [5, 5.41) is 17.3. The van der Waals surface area contributed by atoms with Crippen LogP contribution in [0.15, 0.2) is 0 Å². The quantitative estimate of drug-likeness (QED) is 0.693. The van der Waals surface area contributed by atoms with Crippen LogP contribution in [0.5, 0.6) is 0 Å². The molecule has 0 aliphatic carbocycles. The summed E-state index contributed by atoms with van der Waals surface area (Å²) in [6.45, 7) is 5.22. The van der Waals surface area contributed by atoms with E-state index >= 15 is 0 Å². The number of hydrogen-bond donors (Lipinski definition) is 2. The van der Waals surface area contributed by atoms with E-state index in [1.165, 1.54) is 19.3 Å². The zero-order chi connectivity index (χ0) is 15.5. The summed E-state index contributed by atoms with van der Waals surface area (Å²) >= 11 is 0. The molecule has 21 heavy (non-hydrogen) atoms. The first-order valence-electron chi connectivity index (χ1n) is 7.95. The Bertz CT molecular complexity index is 250. The maximum atomic E-state index is 8.79. The van der Waals surface area contributed by atoms with Crippen LogP contribution in [0.4, 0.5) is 0 Å². The Morgan fingerprint density at radius 3 is 2.05 bits per heavy atom. The maximum absolute atomic E-state index is 8.79. The smallest absolute Gasteiger partial charge is 0.158 e. The number of rotatable bonds is 7. The third-order valence-corrected chi connectivity index (χ3v) is 3.41. The van der Waals surface area contributed by atoms with Crippen molar-refractivity contribution in [2.45, 2.75) is 70.7 Å². The number of unbranched alkanes of at least 4 members (excludes halogenated alkanes) is 3. The fraction of sp³-hybridized carbons (Fsp3) is 1.00. The fourth-order valence-corrected chi connectivity index (χ4v) is 2.18. The van der Waals surface area contributed by atoms with Crippen LogP contribution in [-0.2, 0) is 18.9 Å². The molecule has 2 rings (SSSR count). The van der Waals surface area contributed by atoms with E-state index in [1.54, 1.807) is 0 Å². The molecule has 2 heterocycles. The number of ether oxygens (including phenoxy) is 4. The summed E-state index contributed by atoms with van der Waals surface area (Å²) in [5.41, 5.74) is 0. The largest absolute Gasteiger partial charge is 0.394 e. The summed E-state index contributed by atoms with van der Waals surface area (Å²) < 4.78 is 20.8. The van der Waals surface area contributed by atoms with E-state index in [0.717, 1.165) is 12.8 Å². The van der Waals surface area contributed by atoms with Crippen molar-refractivity contribution >= 4 is 0 Å². The van der Waals surface area contributed by atoms with Crippen LogP contribution in [0.1, 0.15) is 46.0 Å². The average molecular weight is 306 g/mol. The van der Waals surface area contributed by atoms with Crippen molar-refractivity contribution in [1.82, 2.24) is 0 Å². The van der Waals surface area contributed by atoms with E-state index in [1.807, 2.05) is 6.92 Å². The molecule has 2 aliphatic heterocycles. The van der Waals surface area contributed by atoms with Crippen molar-refractivity contribution in [3.05, 3.63) is 0 Å². The Morgan fingerprint density at radius 1 is 0.905 bits per heavy atom. The lowest BCUT2D eigenvalue weighted by Crippen LogP contribution is -2.16. The molecule has 0 amide bonds. The lowest BCUT2D eigenvalue weighted by atomic mass is 10.1. The molecule has 2 fully saturated rings. The Morgan fingerprint density at radius 2 is 1.57 bits per heavy atom. The monoisotopic (exact) mass is 306 g/mol. The number of hydrogen-bond acceptors (Lipinski definition) is 6. The van der Waals surface area contributed by atoms with E-state index in [-0.39, 0.29) is 38.0 Å². The highest BCUT2D eigenvalue weighted by molar-refractivity contribution is 4.63. The molecule has 0 saturated carbocycles. The molecule has 2 aliphatic rings. The van der Waals surface area contributed by atoms with Gasteiger partial charge in [0.05, 0.1) is 26.4 Å². The summed E-state index contributed by atoms with van der Waals surface area (Å²) in [5.74, 6) is 0. The molecule has 6 heteroatoms. The van der Waals surface area contributed by atoms with Crippen LogP contribution in [0, 0.1) is 0 Å². The molecule has 6 nitrogen and oxygen atoms in total. The first kappa shape index (κ1) is 18.8. The van der Waals surface area contributed by atoms with Gasteiger partial charge in [-0.05, 0) is 19.8 Å². The molecule has 0 spiro atoms. The van der Waals surface area contributed by atoms with Crippen LogP contribution < -0.4 is 0 Å². The van der Waals surface area contributed by atoms with Crippen molar-refractivity contribution in [3.8, 4) is 0 Å². The van der Waals surface area contributed by atoms with Crippen LogP contribution >= 0.6 is 0 Å². The summed E-state index contributed by atoms with van der Waals surface area (Å²) in [6.07, 6.45) is 5.56. The third-order valence-electron chi connectivity index (χ3n) is 3.41. The second kappa shape index (κ2) is 11.3. The molecular formula is C15H30O6. The second-order valence-corrected chi connectivity index (χ2v) is 5.39. The summed E-state index contributed by atoms with van der Waals surface area (Å²) in [6, 6.07) is 0. The molecule has 0 aromatic rings. The number of aliphatic hydroxyl groups is 2. The topological polar surface area (TPSA) is 77.4 Å².